The minimum Gasteiger partial charge on any atom is -0.454 e. The van der Waals surface area contributed by atoms with Gasteiger partial charge in [0, 0.05) is 18.1 Å². The van der Waals surface area contributed by atoms with Crippen LogP contribution in [0.4, 0.5) is 0 Å². The molecule has 4 rings (SSSR count). The molecule has 0 saturated heterocycles. The molecule has 0 bridgehead atoms. The number of carbonyl (C=O) groups is 1. The van der Waals surface area contributed by atoms with Gasteiger partial charge in [-0.05, 0) is 41.2 Å². The zero-order chi connectivity index (χ0) is 17.8. The number of hydrogen-bond acceptors (Lipinski definition) is 2. The smallest absolute Gasteiger partial charge is 0.331 e. The standard InChI is InChI=1S/C24H22O2/c25-24-15-7-14-23(26-24)22-17-16-19(20-12-4-5-13-21(20)22)11-6-10-18-8-2-1-3-9-18/h1-5,7-9,12-13,15-17,23H,6,10-11,14H2. The molecular formula is C24H22O2. The lowest BCUT2D eigenvalue weighted by molar-refractivity contribution is -0.144. The van der Waals surface area contributed by atoms with Crippen molar-refractivity contribution in [3.05, 3.63) is 95.6 Å². The second-order valence-corrected chi connectivity index (χ2v) is 6.76. The third kappa shape index (κ3) is 3.55. The lowest BCUT2D eigenvalue weighted by atomic mass is 9.92. The molecule has 1 heterocycles. The molecule has 0 aliphatic carbocycles. The highest BCUT2D eigenvalue weighted by molar-refractivity contribution is 5.90. The average molecular weight is 342 g/mol. The third-order valence-corrected chi connectivity index (χ3v) is 5.01. The van der Waals surface area contributed by atoms with Crippen LogP contribution < -0.4 is 0 Å². The molecule has 0 aromatic heterocycles. The van der Waals surface area contributed by atoms with E-state index >= 15 is 0 Å². The molecule has 1 unspecified atom stereocenters. The maximum atomic E-state index is 11.6. The number of benzene rings is 3. The van der Waals surface area contributed by atoms with Gasteiger partial charge >= 0.3 is 5.97 Å². The molecule has 2 nitrogen and oxygen atoms in total. The Morgan fingerprint density at radius 1 is 0.846 bits per heavy atom. The lowest BCUT2D eigenvalue weighted by Crippen LogP contribution is -2.13. The van der Waals surface area contributed by atoms with E-state index in [4.69, 9.17) is 4.74 Å². The maximum Gasteiger partial charge on any atom is 0.331 e. The minimum atomic E-state index is -0.253. The van der Waals surface area contributed by atoms with Crippen molar-refractivity contribution in [3.63, 3.8) is 0 Å². The van der Waals surface area contributed by atoms with E-state index in [1.807, 2.05) is 6.08 Å². The number of carbonyl (C=O) groups excluding carboxylic acids is 1. The predicted molar refractivity (Wildman–Crippen MR) is 105 cm³/mol. The van der Waals surface area contributed by atoms with Crippen molar-refractivity contribution in [1.82, 2.24) is 0 Å². The Kier molecular flexibility index (Phi) is 4.83. The summed E-state index contributed by atoms with van der Waals surface area (Å²) in [6.07, 6.45) is 7.21. The summed E-state index contributed by atoms with van der Waals surface area (Å²) in [4.78, 5) is 11.6. The first kappa shape index (κ1) is 16.6. The van der Waals surface area contributed by atoms with Gasteiger partial charge < -0.3 is 4.74 Å². The summed E-state index contributed by atoms with van der Waals surface area (Å²) in [6.45, 7) is 0. The molecule has 2 heteroatoms. The van der Waals surface area contributed by atoms with Crippen LogP contribution in [-0.2, 0) is 22.4 Å². The monoisotopic (exact) mass is 342 g/mol. The van der Waals surface area contributed by atoms with Gasteiger partial charge in [0.1, 0.15) is 6.10 Å². The fourth-order valence-electron chi connectivity index (χ4n) is 3.72. The predicted octanol–water partition coefficient (Wildman–Crippen LogP) is 5.56. The number of hydrogen-bond donors (Lipinski definition) is 0. The Morgan fingerprint density at radius 2 is 1.62 bits per heavy atom. The number of rotatable bonds is 5. The van der Waals surface area contributed by atoms with E-state index in [1.54, 1.807) is 0 Å². The normalized spacial score (nSPS) is 16.6. The molecule has 0 spiro atoms. The maximum absolute atomic E-state index is 11.6. The summed E-state index contributed by atoms with van der Waals surface area (Å²) in [5, 5.41) is 2.46. The molecule has 3 aromatic carbocycles. The summed E-state index contributed by atoms with van der Waals surface area (Å²) < 4.78 is 5.53. The minimum absolute atomic E-state index is 0.184. The zero-order valence-electron chi connectivity index (χ0n) is 14.7. The molecule has 1 aliphatic rings. The van der Waals surface area contributed by atoms with Gasteiger partial charge in [0.25, 0.3) is 0 Å². The largest absolute Gasteiger partial charge is 0.454 e. The van der Waals surface area contributed by atoms with Gasteiger partial charge in [-0.3, -0.25) is 0 Å². The highest BCUT2D eigenvalue weighted by Gasteiger charge is 2.20. The highest BCUT2D eigenvalue weighted by atomic mass is 16.5. The number of fused-ring (bicyclic) bond motifs is 1. The van der Waals surface area contributed by atoms with Crippen LogP contribution in [0.1, 0.15) is 35.6 Å². The van der Waals surface area contributed by atoms with E-state index in [9.17, 15) is 4.79 Å². The number of aryl methyl sites for hydroxylation is 2. The Labute approximate surface area is 154 Å². The van der Waals surface area contributed by atoms with Gasteiger partial charge in [-0.1, -0.05) is 72.8 Å². The second kappa shape index (κ2) is 7.57. The van der Waals surface area contributed by atoms with Crippen molar-refractivity contribution in [3.8, 4) is 0 Å². The van der Waals surface area contributed by atoms with Gasteiger partial charge in [0.2, 0.25) is 0 Å². The topological polar surface area (TPSA) is 26.3 Å². The summed E-state index contributed by atoms with van der Waals surface area (Å²) in [6, 6.07) is 23.4. The Hall–Kier alpha value is -2.87. The van der Waals surface area contributed by atoms with E-state index in [1.165, 1.54) is 28.0 Å². The molecule has 0 amide bonds. The van der Waals surface area contributed by atoms with E-state index in [2.05, 4.69) is 66.7 Å². The van der Waals surface area contributed by atoms with Crippen molar-refractivity contribution in [2.75, 3.05) is 0 Å². The molecule has 130 valence electrons. The molecule has 0 radical (unpaired) electrons. The first-order valence-electron chi connectivity index (χ1n) is 9.23. The van der Waals surface area contributed by atoms with Crippen LogP contribution in [-0.4, -0.2) is 5.97 Å². The van der Waals surface area contributed by atoms with Crippen LogP contribution in [0.3, 0.4) is 0 Å². The SMILES string of the molecule is O=C1C=CCC(c2ccc(CCCc3ccccc3)c3ccccc23)O1. The van der Waals surface area contributed by atoms with Crippen molar-refractivity contribution in [2.45, 2.75) is 31.8 Å². The summed E-state index contributed by atoms with van der Waals surface area (Å²) in [5.74, 6) is -0.253. The summed E-state index contributed by atoms with van der Waals surface area (Å²) >= 11 is 0. The van der Waals surface area contributed by atoms with Crippen molar-refractivity contribution >= 4 is 16.7 Å². The van der Waals surface area contributed by atoms with Gasteiger partial charge in [0.15, 0.2) is 0 Å². The van der Waals surface area contributed by atoms with E-state index in [0.29, 0.717) is 0 Å². The average Bonchev–Trinajstić information content (AvgIpc) is 2.69. The third-order valence-electron chi connectivity index (χ3n) is 5.01. The highest BCUT2D eigenvalue weighted by Crippen LogP contribution is 2.33. The van der Waals surface area contributed by atoms with Gasteiger partial charge in [-0.15, -0.1) is 0 Å². The first-order chi connectivity index (χ1) is 12.8. The lowest BCUT2D eigenvalue weighted by Gasteiger charge is -2.21. The molecule has 1 aliphatic heterocycles. The quantitative estimate of drug-likeness (QED) is 0.568. The summed E-state index contributed by atoms with van der Waals surface area (Å²) in [7, 11) is 0. The zero-order valence-corrected chi connectivity index (χ0v) is 14.7. The molecule has 0 fully saturated rings. The van der Waals surface area contributed by atoms with Gasteiger partial charge in [-0.2, -0.15) is 0 Å². The van der Waals surface area contributed by atoms with E-state index in [-0.39, 0.29) is 12.1 Å². The van der Waals surface area contributed by atoms with Crippen LogP contribution in [0.25, 0.3) is 10.8 Å². The Bertz CT molecular complexity index is 941. The second-order valence-electron chi connectivity index (χ2n) is 6.76. The summed E-state index contributed by atoms with van der Waals surface area (Å²) in [5.41, 5.74) is 3.84. The van der Waals surface area contributed by atoms with Gasteiger partial charge in [0.05, 0.1) is 0 Å². The number of ether oxygens (including phenoxy) is 1. The number of cyclic esters (lactones) is 1. The van der Waals surface area contributed by atoms with Gasteiger partial charge in [-0.25, -0.2) is 4.79 Å². The molecule has 0 N–H and O–H groups in total. The van der Waals surface area contributed by atoms with Crippen LogP contribution in [0.2, 0.25) is 0 Å². The van der Waals surface area contributed by atoms with Crippen LogP contribution in [0.15, 0.2) is 78.9 Å². The first-order valence-corrected chi connectivity index (χ1v) is 9.23. The molecule has 1 atom stereocenters. The Balaban J connectivity index is 1.58. The van der Waals surface area contributed by atoms with Crippen molar-refractivity contribution < 1.29 is 9.53 Å². The van der Waals surface area contributed by atoms with E-state index < -0.39 is 0 Å². The van der Waals surface area contributed by atoms with E-state index in [0.717, 1.165) is 31.2 Å². The molecule has 26 heavy (non-hydrogen) atoms. The Morgan fingerprint density at radius 3 is 2.42 bits per heavy atom. The van der Waals surface area contributed by atoms with Crippen LogP contribution in [0.5, 0.6) is 0 Å². The fourth-order valence-corrected chi connectivity index (χ4v) is 3.72. The molecule has 3 aromatic rings. The fraction of sp³-hybridized carbons (Fsp3) is 0.208. The van der Waals surface area contributed by atoms with Crippen molar-refractivity contribution in [1.29, 1.82) is 0 Å². The number of esters is 1. The molecular weight excluding hydrogens is 320 g/mol. The van der Waals surface area contributed by atoms with Crippen LogP contribution >= 0.6 is 0 Å². The molecule has 0 saturated carbocycles. The van der Waals surface area contributed by atoms with Crippen molar-refractivity contribution in [2.24, 2.45) is 0 Å². The van der Waals surface area contributed by atoms with Crippen LogP contribution in [0, 0.1) is 0 Å².